The fourth-order valence-electron chi connectivity index (χ4n) is 6.49. The van der Waals surface area contributed by atoms with Crippen LogP contribution in [0.4, 0.5) is 5.82 Å². The maximum atomic E-state index is 13.0. The highest BCUT2D eigenvalue weighted by Crippen LogP contribution is 2.30. The van der Waals surface area contributed by atoms with Crippen molar-refractivity contribution in [2.24, 2.45) is 5.92 Å². The summed E-state index contributed by atoms with van der Waals surface area (Å²) in [5.74, 6) is 0.114. The minimum absolute atomic E-state index is 0.178. The third kappa shape index (κ3) is 5.27. The van der Waals surface area contributed by atoms with E-state index in [1.165, 1.54) is 4.90 Å². The Morgan fingerprint density at radius 1 is 0.932 bits per heavy atom. The molecule has 0 saturated carbocycles. The Morgan fingerprint density at radius 2 is 1.77 bits per heavy atom. The predicted molar refractivity (Wildman–Crippen MR) is 165 cm³/mol. The number of nitrogens with one attached hydrogen (secondary N) is 2. The van der Waals surface area contributed by atoms with E-state index in [0.29, 0.717) is 30.0 Å². The molecule has 5 heterocycles. The van der Waals surface area contributed by atoms with Crippen LogP contribution in [0.1, 0.15) is 52.0 Å². The number of rotatable bonds is 6. The molecule has 3 aliphatic rings. The quantitative estimate of drug-likeness (QED) is 0.329. The van der Waals surface area contributed by atoms with Crippen LogP contribution in [0.25, 0.3) is 22.0 Å². The number of benzene rings is 2. The van der Waals surface area contributed by atoms with Gasteiger partial charge >= 0.3 is 0 Å². The maximum Gasteiger partial charge on any atom is 0.255 e. The van der Waals surface area contributed by atoms with Crippen LogP contribution in [0.3, 0.4) is 0 Å². The van der Waals surface area contributed by atoms with Gasteiger partial charge in [-0.05, 0) is 67.1 Å². The smallest absolute Gasteiger partial charge is 0.255 e. The van der Waals surface area contributed by atoms with Crippen LogP contribution >= 0.6 is 0 Å². The Hall–Kier alpha value is -5.12. The fourth-order valence-corrected chi connectivity index (χ4v) is 6.49. The second kappa shape index (κ2) is 11.5. The van der Waals surface area contributed by atoms with E-state index in [-0.39, 0.29) is 30.7 Å². The number of fused-ring (bicyclic) bond motifs is 2. The molecule has 10 nitrogen and oxygen atoms in total. The standard InChI is InChI=1S/C34H32N6O4/c41-30-11-9-28(33(43)38-30)40-20-25-17-23(6-8-27(25)34(40)44)32(42)37-18-21-12-15-39(16-13-21)29-10-7-24(19-36-29)26-5-1-3-22-4-2-14-35-31(22)26/h1-8,10,14,17,19,21,28H,9,11-13,15-16,18,20H2,(H,37,42)(H,38,41,43). The number of amides is 4. The maximum absolute atomic E-state index is 13.0. The molecule has 4 aromatic rings. The number of imide groups is 1. The van der Waals surface area contributed by atoms with Gasteiger partial charge in [-0.2, -0.15) is 0 Å². The second-order valence-electron chi connectivity index (χ2n) is 11.7. The molecule has 2 aromatic carbocycles. The van der Waals surface area contributed by atoms with Crippen molar-refractivity contribution < 1.29 is 19.2 Å². The summed E-state index contributed by atoms with van der Waals surface area (Å²) in [5, 5.41) is 6.49. The van der Waals surface area contributed by atoms with E-state index < -0.39 is 11.9 Å². The molecule has 0 spiro atoms. The molecule has 2 N–H and O–H groups in total. The van der Waals surface area contributed by atoms with Crippen LogP contribution in [0.5, 0.6) is 0 Å². The number of carbonyl (C=O) groups is 4. The van der Waals surface area contributed by atoms with Crippen LogP contribution in [-0.4, -0.2) is 64.2 Å². The van der Waals surface area contributed by atoms with Gasteiger partial charge in [-0.15, -0.1) is 0 Å². The Labute approximate surface area is 254 Å². The first kappa shape index (κ1) is 27.7. The first-order valence-electron chi connectivity index (χ1n) is 15.1. The van der Waals surface area contributed by atoms with Crippen molar-refractivity contribution in [1.29, 1.82) is 0 Å². The first-order valence-corrected chi connectivity index (χ1v) is 15.1. The number of anilines is 1. The SMILES string of the molecule is O=C1CCC(N2Cc3cc(C(=O)NCC4CCN(c5ccc(-c6cccc7cccnc67)cn5)CC4)ccc3C2=O)C(=O)N1. The number of piperidine rings is 2. The predicted octanol–water partition coefficient (Wildman–Crippen LogP) is 3.70. The largest absolute Gasteiger partial charge is 0.357 e. The van der Waals surface area contributed by atoms with E-state index in [1.54, 1.807) is 18.2 Å². The number of nitrogens with zero attached hydrogens (tertiary/aromatic N) is 4. The summed E-state index contributed by atoms with van der Waals surface area (Å²) in [6.07, 6.45) is 6.12. The van der Waals surface area contributed by atoms with Gasteiger partial charge in [0.2, 0.25) is 11.8 Å². The normalized spacial score (nSPS) is 18.8. The average molecular weight is 589 g/mol. The molecule has 2 aromatic heterocycles. The molecular formula is C34H32N6O4. The van der Waals surface area contributed by atoms with E-state index in [4.69, 9.17) is 4.98 Å². The van der Waals surface area contributed by atoms with Crippen molar-refractivity contribution >= 4 is 40.3 Å². The highest BCUT2D eigenvalue weighted by molar-refractivity contribution is 6.06. The zero-order valence-corrected chi connectivity index (χ0v) is 24.2. The van der Waals surface area contributed by atoms with Gasteiger partial charge in [0, 0.05) is 72.6 Å². The second-order valence-corrected chi connectivity index (χ2v) is 11.7. The van der Waals surface area contributed by atoms with Gasteiger partial charge < -0.3 is 15.1 Å². The molecule has 10 heteroatoms. The van der Waals surface area contributed by atoms with Crippen LogP contribution < -0.4 is 15.5 Å². The Kier molecular flexibility index (Phi) is 7.25. The van der Waals surface area contributed by atoms with Crippen LogP contribution in [0.2, 0.25) is 0 Å². The van der Waals surface area contributed by atoms with Gasteiger partial charge in [-0.3, -0.25) is 29.5 Å². The number of hydrogen-bond acceptors (Lipinski definition) is 7. The van der Waals surface area contributed by atoms with Gasteiger partial charge in [-0.25, -0.2) is 4.98 Å². The molecule has 7 rings (SSSR count). The molecule has 1 atom stereocenters. The lowest BCUT2D eigenvalue weighted by Gasteiger charge is -2.33. The van der Waals surface area contributed by atoms with Gasteiger partial charge in [0.15, 0.2) is 0 Å². The highest BCUT2D eigenvalue weighted by atomic mass is 16.2. The summed E-state index contributed by atoms with van der Waals surface area (Å²) < 4.78 is 0. The average Bonchev–Trinajstić information content (AvgIpc) is 3.38. The zero-order chi connectivity index (χ0) is 30.2. The topological polar surface area (TPSA) is 125 Å². The van der Waals surface area contributed by atoms with Crippen molar-refractivity contribution in [2.75, 3.05) is 24.5 Å². The van der Waals surface area contributed by atoms with Gasteiger partial charge in [0.1, 0.15) is 11.9 Å². The van der Waals surface area contributed by atoms with Crippen LogP contribution in [-0.2, 0) is 16.1 Å². The summed E-state index contributed by atoms with van der Waals surface area (Å²) in [7, 11) is 0. The van der Waals surface area contributed by atoms with Crippen molar-refractivity contribution in [3.63, 3.8) is 0 Å². The number of aromatic nitrogens is 2. The molecule has 0 bridgehead atoms. The van der Waals surface area contributed by atoms with E-state index in [0.717, 1.165) is 59.3 Å². The molecule has 4 amide bonds. The Bertz CT molecular complexity index is 1780. The molecule has 3 aliphatic heterocycles. The highest BCUT2D eigenvalue weighted by Gasteiger charge is 2.39. The molecule has 2 saturated heterocycles. The van der Waals surface area contributed by atoms with Crippen LogP contribution in [0, 0.1) is 5.92 Å². The molecule has 0 radical (unpaired) electrons. The Balaban J connectivity index is 0.922. The molecule has 44 heavy (non-hydrogen) atoms. The van der Waals surface area contributed by atoms with E-state index >= 15 is 0 Å². The number of hydrogen-bond donors (Lipinski definition) is 2. The van der Waals surface area contributed by atoms with Gasteiger partial charge in [0.05, 0.1) is 5.52 Å². The summed E-state index contributed by atoms with van der Waals surface area (Å²) in [6, 6.07) is 18.7. The summed E-state index contributed by atoms with van der Waals surface area (Å²) in [6.45, 7) is 2.54. The molecule has 2 fully saturated rings. The lowest BCUT2D eigenvalue weighted by Crippen LogP contribution is -2.52. The third-order valence-electron chi connectivity index (χ3n) is 8.97. The van der Waals surface area contributed by atoms with Gasteiger partial charge in [-0.1, -0.05) is 24.3 Å². The monoisotopic (exact) mass is 588 g/mol. The summed E-state index contributed by atoms with van der Waals surface area (Å²) in [4.78, 5) is 62.9. The minimum atomic E-state index is -0.676. The van der Waals surface area contributed by atoms with Crippen LogP contribution in [0.15, 0.2) is 73.1 Å². The molecule has 1 unspecified atom stereocenters. The first-order chi connectivity index (χ1) is 21.4. The minimum Gasteiger partial charge on any atom is -0.357 e. The fraction of sp³-hybridized carbons (Fsp3) is 0.294. The summed E-state index contributed by atoms with van der Waals surface area (Å²) >= 11 is 0. The van der Waals surface area contributed by atoms with E-state index in [1.807, 2.05) is 24.5 Å². The molecular weight excluding hydrogens is 556 g/mol. The van der Waals surface area contributed by atoms with E-state index in [2.05, 4.69) is 50.8 Å². The van der Waals surface area contributed by atoms with Crippen molar-refractivity contribution in [1.82, 2.24) is 25.5 Å². The Morgan fingerprint density at radius 3 is 2.57 bits per heavy atom. The zero-order valence-electron chi connectivity index (χ0n) is 24.2. The number of carbonyl (C=O) groups excluding carboxylic acids is 4. The number of pyridine rings is 2. The molecule has 222 valence electrons. The van der Waals surface area contributed by atoms with Gasteiger partial charge in [0.25, 0.3) is 11.8 Å². The van der Waals surface area contributed by atoms with Crippen molar-refractivity contribution in [3.05, 3.63) is 89.7 Å². The van der Waals surface area contributed by atoms with Crippen molar-refractivity contribution in [2.45, 2.75) is 38.3 Å². The summed E-state index contributed by atoms with van der Waals surface area (Å²) in [5.41, 5.74) is 4.78. The number of para-hydroxylation sites is 1. The van der Waals surface area contributed by atoms with E-state index in [9.17, 15) is 19.2 Å². The lowest BCUT2D eigenvalue weighted by atomic mass is 9.96. The van der Waals surface area contributed by atoms with Crippen molar-refractivity contribution in [3.8, 4) is 11.1 Å². The third-order valence-corrected chi connectivity index (χ3v) is 8.97. The molecule has 0 aliphatic carbocycles. The lowest BCUT2D eigenvalue weighted by molar-refractivity contribution is -0.136.